The SMILES string of the molecule is CCNc1nc(C)cc(N(C)Cc2ccccc2Br)n1. The molecule has 2 rings (SSSR count). The molecule has 0 saturated carbocycles. The predicted molar refractivity (Wildman–Crippen MR) is 87.2 cm³/mol. The van der Waals surface area contributed by atoms with Gasteiger partial charge in [-0.2, -0.15) is 4.98 Å². The van der Waals surface area contributed by atoms with Gasteiger partial charge in [0.25, 0.3) is 0 Å². The molecule has 0 amide bonds. The fraction of sp³-hybridized carbons (Fsp3) is 0.333. The quantitative estimate of drug-likeness (QED) is 0.906. The molecule has 0 radical (unpaired) electrons. The lowest BCUT2D eigenvalue weighted by atomic mass is 10.2. The maximum Gasteiger partial charge on any atom is 0.224 e. The van der Waals surface area contributed by atoms with Crippen LogP contribution in [0.2, 0.25) is 0 Å². The van der Waals surface area contributed by atoms with Crippen molar-refractivity contribution >= 4 is 27.7 Å². The van der Waals surface area contributed by atoms with Gasteiger partial charge in [-0.3, -0.25) is 0 Å². The van der Waals surface area contributed by atoms with Gasteiger partial charge in [-0.15, -0.1) is 0 Å². The van der Waals surface area contributed by atoms with Crippen LogP contribution in [0.15, 0.2) is 34.8 Å². The highest BCUT2D eigenvalue weighted by molar-refractivity contribution is 9.10. The molecule has 1 aromatic carbocycles. The second-order valence-corrected chi connectivity index (χ2v) is 5.52. The van der Waals surface area contributed by atoms with Crippen LogP contribution in [0.3, 0.4) is 0 Å². The summed E-state index contributed by atoms with van der Waals surface area (Å²) in [5.41, 5.74) is 2.20. The van der Waals surface area contributed by atoms with E-state index in [1.807, 2.05) is 39.1 Å². The smallest absolute Gasteiger partial charge is 0.224 e. The fourth-order valence-corrected chi connectivity index (χ4v) is 2.36. The molecule has 1 aromatic heterocycles. The number of aryl methyl sites for hydroxylation is 1. The monoisotopic (exact) mass is 334 g/mol. The van der Waals surface area contributed by atoms with Crippen LogP contribution in [0.4, 0.5) is 11.8 Å². The first kappa shape index (κ1) is 14.8. The van der Waals surface area contributed by atoms with E-state index < -0.39 is 0 Å². The number of anilines is 2. The molecule has 106 valence electrons. The number of hydrogen-bond donors (Lipinski definition) is 1. The molecule has 0 aliphatic rings. The summed E-state index contributed by atoms with van der Waals surface area (Å²) in [5.74, 6) is 1.60. The molecule has 0 aliphatic heterocycles. The molecule has 2 aromatic rings. The lowest BCUT2D eigenvalue weighted by Crippen LogP contribution is -2.19. The zero-order chi connectivity index (χ0) is 14.5. The van der Waals surface area contributed by atoms with Gasteiger partial charge in [0.1, 0.15) is 5.82 Å². The first-order valence-corrected chi connectivity index (χ1v) is 7.43. The molecule has 0 unspecified atom stereocenters. The van der Waals surface area contributed by atoms with Crippen LogP contribution in [0.5, 0.6) is 0 Å². The van der Waals surface area contributed by atoms with E-state index in [1.54, 1.807) is 0 Å². The maximum atomic E-state index is 4.54. The molecular weight excluding hydrogens is 316 g/mol. The molecule has 0 spiro atoms. The van der Waals surface area contributed by atoms with Crippen LogP contribution >= 0.6 is 15.9 Å². The van der Waals surface area contributed by atoms with E-state index in [-0.39, 0.29) is 0 Å². The largest absolute Gasteiger partial charge is 0.355 e. The summed E-state index contributed by atoms with van der Waals surface area (Å²) in [6.45, 7) is 5.63. The molecule has 0 bridgehead atoms. The van der Waals surface area contributed by atoms with Gasteiger partial charge in [-0.1, -0.05) is 34.1 Å². The van der Waals surface area contributed by atoms with E-state index in [4.69, 9.17) is 0 Å². The Morgan fingerprint density at radius 1 is 1.25 bits per heavy atom. The fourth-order valence-electron chi connectivity index (χ4n) is 1.95. The summed E-state index contributed by atoms with van der Waals surface area (Å²) in [6.07, 6.45) is 0. The van der Waals surface area contributed by atoms with E-state index >= 15 is 0 Å². The van der Waals surface area contributed by atoms with Crippen molar-refractivity contribution in [2.24, 2.45) is 0 Å². The number of hydrogen-bond acceptors (Lipinski definition) is 4. The van der Waals surface area contributed by atoms with E-state index in [0.717, 1.165) is 29.1 Å². The van der Waals surface area contributed by atoms with Crippen LogP contribution in [0, 0.1) is 6.92 Å². The van der Waals surface area contributed by atoms with Gasteiger partial charge in [0.15, 0.2) is 0 Å². The van der Waals surface area contributed by atoms with Gasteiger partial charge >= 0.3 is 0 Å². The Balaban J connectivity index is 2.20. The highest BCUT2D eigenvalue weighted by Gasteiger charge is 2.08. The summed E-state index contributed by atoms with van der Waals surface area (Å²) in [5, 5.41) is 3.16. The van der Waals surface area contributed by atoms with Gasteiger partial charge in [-0.05, 0) is 25.5 Å². The third-order valence-corrected chi connectivity index (χ3v) is 3.71. The van der Waals surface area contributed by atoms with Gasteiger partial charge in [0, 0.05) is 36.4 Å². The zero-order valence-corrected chi connectivity index (χ0v) is 13.6. The number of nitrogens with one attached hydrogen (secondary N) is 1. The van der Waals surface area contributed by atoms with Crippen molar-refractivity contribution in [2.45, 2.75) is 20.4 Å². The highest BCUT2D eigenvalue weighted by atomic mass is 79.9. The van der Waals surface area contributed by atoms with Gasteiger partial charge in [0.05, 0.1) is 0 Å². The Hall–Kier alpha value is -1.62. The van der Waals surface area contributed by atoms with Crippen LogP contribution in [-0.4, -0.2) is 23.6 Å². The lowest BCUT2D eigenvalue weighted by molar-refractivity contribution is 0.882. The van der Waals surface area contributed by atoms with Crippen molar-refractivity contribution in [3.05, 3.63) is 46.1 Å². The Kier molecular flexibility index (Phi) is 4.95. The van der Waals surface area contributed by atoms with Crippen molar-refractivity contribution in [3.8, 4) is 0 Å². The number of benzene rings is 1. The highest BCUT2D eigenvalue weighted by Crippen LogP contribution is 2.21. The standard InChI is InChI=1S/C15H19BrN4/c1-4-17-15-18-11(2)9-14(19-15)20(3)10-12-7-5-6-8-13(12)16/h5-9H,4,10H2,1-3H3,(H,17,18,19). The summed E-state index contributed by atoms with van der Waals surface area (Å²) >= 11 is 3.58. The topological polar surface area (TPSA) is 41.1 Å². The number of aromatic nitrogens is 2. The van der Waals surface area contributed by atoms with Crippen LogP contribution in [0.25, 0.3) is 0 Å². The average molecular weight is 335 g/mol. The minimum Gasteiger partial charge on any atom is -0.355 e. The summed E-state index contributed by atoms with van der Waals surface area (Å²) in [6, 6.07) is 10.2. The van der Waals surface area contributed by atoms with Crippen LogP contribution in [0.1, 0.15) is 18.2 Å². The molecule has 20 heavy (non-hydrogen) atoms. The molecule has 4 nitrogen and oxygen atoms in total. The first-order valence-electron chi connectivity index (χ1n) is 6.64. The molecule has 1 heterocycles. The summed E-state index contributed by atoms with van der Waals surface area (Å²) in [7, 11) is 2.04. The number of rotatable bonds is 5. The Morgan fingerprint density at radius 3 is 2.70 bits per heavy atom. The first-order chi connectivity index (χ1) is 9.60. The zero-order valence-electron chi connectivity index (χ0n) is 12.0. The van der Waals surface area contributed by atoms with E-state index in [0.29, 0.717) is 5.95 Å². The van der Waals surface area contributed by atoms with Crippen molar-refractivity contribution < 1.29 is 0 Å². The van der Waals surface area contributed by atoms with Gasteiger partial charge in [-0.25, -0.2) is 4.98 Å². The molecule has 0 aliphatic carbocycles. The average Bonchev–Trinajstić information content (AvgIpc) is 2.41. The summed E-state index contributed by atoms with van der Waals surface area (Å²) < 4.78 is 1.12. The number of halogens is 1. The van der Waals surface area contributed by atoms with Crippen molar-refractivity contribution in [1.29, 1.82) is 0 Å². The van der Waals surface area contributed by atoms with E-state index in [2.05, 4.69) is 48.2 Å². The Morgan fingerprint density at radius 2 is 2.00 bits per heavy atom. The predicted octanol–water partition coefficient (Wildman–Crippen LogP) is 3.62. The molecule has 5 heteroatoms. The third-order valence-electron chi connectivity index (χ3n) is 2.93. The van der Waals surface area contributed by atoms with Crippen LogP contribution < -0.4 is 10.2 Å². The minimum absolute atomic E-state index is 0.682. The maximum absolute atomic E-state index is 4.54. The Labute approximate surface area is 128 Å². The van der Waals surface area contributed by atoms with Crippen molar-refractivity contribution in [3.63, 3.8) is 0 Å². The third kappa shape index (κ3) is 3.70. The van der Waals surface area contributed by atoms with E-state index in [9.17, 15) is 0 Å². The number of nitrogens with zero attached hydrogens (tertiary/aromatic N) is 3. The second-order valence-electron chi connectivity index (χ2n) is 4.67. The lowest BCUT2D eigenvalue weighted by Gasteiger charge is -2.20. The van der Waals surface area contributed by atoms with Crippen molar-refractivity contribution in [2.75, 3.05) is 23.8 Å². The normalized spacial score (nSPS) is 10.4. The molecule has 0 fully saturated rings. The van der Waals surface area contributed by atoms with Crippen molar-refractivity contribution in [1.82, 2.24) is 9.97 Å². The molecule has 0 saturated heterocycles. The second kappa shape index (κ2) is 6.70. The molecule has 1 N–H and O–H groups in total. The summed E-state index contributed by atoms with van der Waals surface area (Å²) in [4.78, 5) is 11.0. The molecule has 0 atom stereocenters. The van der Waals surface area contributed by atoms with E-state index in [1.165, 1.54) is 5.56 Å². The minimum atomic E-state index is 0.682. The van der Waals surface area contributed by atoms with Gasteiger partial charge < -0.3 is 10.2 Å². The molecular formula is C15H19BrN4. The van der Waals surface area contributed by atoms with Gasteiger partial charge in [0.2, 0.25) is 5.95 Å². The Bertz CT molecular complexity index is 586. The van der Waals surface area contributed by atoms with Crippen LogP contribution in [-0.2, 0) is 6.54 Å².